The third-order valence-corrected chi connectivity index (χ3v) is 6.84. The summed E-state index contributed by atoms with van der Waals surface area (Å²) in [4.78, 5) is 9.79. The Labute approximate surface area is 174 Å². The zero-order chi connectivity index (χ0) is 19.6. The lowest BCUT2D eigenvalue weighted by Crippen LogP contribution is -2.46. The standard InChI is InChI=1S/C24H32N4O/c1-27(23-9-2-5-18-7-4-10-25-24(18)23)17-20-15-21-19(16-26-20)6-3-8-22(21)28-11-13-29-14-12-28/h3-4,6-8,10,20,23,26H,2,5,9,11-17H2,1H3. The molecule has 5 nitrogen and oxygen atoms in total. The molecule has 0 bridgehead atoms. The number of aromatic nitrogens is 1. The molecule has 1 aromatic heterocycles. The van der Waals surface area contributed by atoms with Crippen molar-refractivity contribution in [2.75, 3.05) is 44.8 Å². The average Bonchev–Trinajstić information content (AvgIpc) is 2.79. The summed E-state index contributed by atoms with van der Waals surface area (Å²) >= 11 is 0. The van der Waals surface area contributed by atoms with Gasteiger partial charge >= 0.3 is 0 Å². The van der Waals surface area contributed by atoms with Crippen LogP contribution >= 0.6 is 0 Å². The molecule has 5 heteroatoms. The van der Waals surface area contributed by atoms with Crippen LogP contribution in [0.5, 0.6) is 0 Å². The maximum Gasteiger partial charge on any atom is 0.0642 e. The van der Waals surface area contributed by atoms with E-state index in [0.717, 1.165) is 45.8 Å². The van der Waals surface area contributed by atoms with Crippen molar-refractivity contribution < 1.29 is 4.74 Å². The molecule has 0 spiro atoms. The summed E-state index contributed by atoms with van der Waals surface area (Å²) in [7, 11) is 2.28. The van der Waals surface area contributed by atoms with E-state index in [2.05, 4.69) is 52.5 Å². The van der Waals surface area contributed by atoms with Crippen molar-refractivity contribution in [3.63, 3.8) is 0 Å². The van der Waals surface area contributed by atoms with Gasteiger partial charge in [0, 0.05) is 44.1 Å². The first-order chi connectivity index (χ1) is 14.3. The van der Waals surface area contributed by atoms with Crippen LogP contribution in [0.15, 0.2) is 36.5 Å². The maximum atomic E-state index is 5.57. The normalized spacial score (nSPS) is 24.3. The summed E-state index contributed by atoms with van der Waals surface area (Å²) in [5.74, 6) is 0. The molecule has 1 N–H and O–H groups in total. The first-order valence-corrected chi connectivity index (χ1v) is 11.1. The van der Waals surface area contributed by atoms with Gasteiger partial charge in [0.25, 0.3) is 0 Å². The SMILES string of the molecule is CN(CC1Cc2c(cccc2N2CCOCC2)CN1)C1CCCc2cccnc21. The van der Waals surface area contributed by atoms with Crippen LogP contribution in [0.4, 0.5) is 5.69 Å². The van der Waals surface area contributed by atoms with Crippen molar-refractivity contribution >= 4 is 5.69 Å². The number of likely N-dealkylation sites (N-methyl/N-ethyl adjacent to an activating group) is 1. The topological polar surface area (TPSA) is 40.6 Å². The predicted molar refractivity (Wildman–Crippen MR) is 116 cm³/mol. The number of pyridine rings is 1. The van der Waals surface area contributed by atoms with Gasteiger partial charge in [-0.25, -0.2) is 0 Å². The van der Waals surface area contributed by atoms with E-state index in [0.29, 0.717) is 12.1 Å². The summed E-state index contributed by atoms with van der Waals surface area (Å²) < 4.78 is 5.57. The second-order valence-electron chi connectivity index (χ2n) is 8.69. The molecule has 1 aliphatic carbocycles. The minimum Gasteiger partial charge on any atom is -0.378 e. The van der Waals surface area contributed by atoms with Gasteiger partial charge in [0.15, 0.2) is 0 Å². The second-order valence-corrected chi connectivity index (χ2v) is 8.69. The van der Waals surface area contributed by atoms with Crippen LogP contribution in [0, 0.1) is 0 Å². The van der Waals surface area contributed by atoms with E-state index < -0.39 is 0 Å². The molecule has 0 saturated carbocycles. The lowest BCUT2D eigenvalue weighted by Gasteiger charge is -2.38. The van der Waals surface area contributed by atoms with Gasteiger partial charge in [-0.1, -0.05) is 18.2 Å². The van der Waals surface area contributed by atoms with Crippen LogP contribution in [-0.2, 0) is 24.1 Å². The molecule has 29 heavy (non-hydrogen) atoms. The zero-order valence-electron chi connectivity index (χ0n) is 17.4. The third-order valence-electron chi connectivity index (χ3n) is 6.84. The predicted octanol–water partition coefficient (Wildman–Crippen LogP) is 2.94. The number of aryl methyl sites for hydroxylation is 1. The molecular weight excluding hydrogens is 360 g/mol. The van der Waals surface area contributed by atoms with E-state index in [4.69, 9.17) is 9.72 Å². The summed E-state index contributed by atoms with van der Waals surface area (Å²) in [5.41, 5.74) is 7.15. The van der Waals surface area contributed by atoms with Crippen molar-refractivity contribution in [3.8, 4) is 0 Å². The lowest BCUT2D eigenvalue weighted by atomic mass is 9.89. The van der Waals surface area contributed by atoms with E-state index >= 15 is 0 Å². The summed E-state index contributed by atoms with van der Waals surface area (Å²) in [6.07, 6.45) is 6.69. The highest BCUT2D eigenvalue weighted by atomic mass is 16.5. The fraction of sp³-hybridized carbons (Fsp3) is 0.542. The number of rotatable bonds is 4. The van der Waals surface area contributed by atoms with Crippen molar-refractivity contribution in [1.82, 2.24) is 15.2 Å². The number of fused-ring (bicyclic) bond motifs is 2. The van der Waals surface area contributed by atoms with Gasteiger partial charge in [0.05, 0.1) is 24.9 Å². The molecule has 2 aromatic rings. The molecule has 1 fully saturated rings. The first-order valence-electron chi connectivity index (χ1n) is 11.1. The van der Waals surface area contributed by atoms with E-state index in [1.54, 1.807) is 0 Å². The molecule has 1 saturated heterocycles. The van der Waals surface area contributed by atoms with Crippen molar-refractivity contribution in [2.24, 2.45) is 0 Å². The molecular formula is C24H32N4O. The third kappa shape index (κ3) is 3.91. The fourth-order valence-corrected chi connectivity index (χ4v) is 5.31. The Balaban J connectivity index is 1.31. The summed E-state index contributed by atoms with van der Waals surface area (Å²) in [6.45, 7) is 5.69. The monoisotopic (exact) mass is 392 g/mol. The van der Waals surface area contributed by atoms with Gasteiger partial charge in [-0.05, 0) is 61.6 Å². The number of hydrogen-bond donors (Lipinski definition) is 1. The Morgan fingerprint density at radius 2 is 2.03 bits per heavy atom. The highest BCUT2D eigenvalue weighted by Gasteiger charge is 2.29. The van der Waals surface area contributed by atoms with Crippen LogP contribution < -0.4 is 10.2 Å². The van der Waals surface area contributed by atoms with Gasteiger partial charge in [-0.2, -0.15) is 0 Å². The molecule has 2 unspecified atom stereocenters. The van der Waals surface area contributed by atoms with Gasteiger partial charge in [-0.3, -0.25) is 9.88 Å². The smallest absolute Gasteiger partial charge is 0.0642 e. The highest BCUT2D eigenvalue weighted by Crippen LogP contribution is 2.33. The molecule has 0 amide bonds. The molecule has 3 aliphatic rings. The second kappa shape index (κ2) is 8.42. The maximum absolute atomic E-state index is 5.57. The number of hydrogen-bond acceptors (Lipinski definition) is 5. The Hall–Kier alpha value is -1.95. The average molecular weight is 393 g/mol. The van der Waals surface area contributed by atoms with Crippen LogP contribution in [0.1, 0.15) is 41.3 Å². The van der Waals surface area contributed by atoms with E-state index in [1.165, 1.54) is 47.3 Å². The van der Waals surface area contributed by atoms with Gasteiger partial charge in [0.2, 0.25) is 0 Å². The Kier molecular flexibility index (Phi) is 5.53. The number of benzene rings is 1. The number of morpholine rings is 1. The molecule has 0 radical (unpaired) electrons. The van der Waals surface area contributed by atoms with Crippen LogP contribution in [0.2, 0.25) is 0 Å². The highest BCUT2D eigenvalue weighted by molar-refractivity contribution is 5.58. The van der Waals surface area contributed by atoms with Crippen molar-refractivity contribution in [1.29, 1.82) is 0 Å². The Bertz CT molecular complexity index is 849. The lowest BCUT2D eigenvalue weighted by molar-refractivity contribution is 0.122. The van der Waals surface area contributed by atoms with Crippen LogP contribution in [0.3, 0.4) is 0 Å². The van der Waals surface area contributed by atoms with Gasteiger partial charge in [0.1, 0.15) is 0 Å². The summed E-state index contributed by atoms with van der Waals surface area (Å²) in [5, 5.41) is 3.79. The minimum atomic E-state index is 0.442. The fourth-order valence-electron chi connectivity index (χ4n) is 5.31. The van der Waals surface area contributed by atoms with E-state index in [9.17, 15) is 0 Å². The quantitative estimate of drug-likeness (QED) is 0.866. The van der Waals surface area contributed by atoms with Crippen molar-refractivity contribution in [3.05, 3.63) is 58.9 Å². The number of ether oxygens (including phenoxy) is 1. The van der Waals surface area contributed by atoms with E-state index in [1.807, 2.05) is 6.20 Å². The zero-order valence-corrected chi connectivity index (χ0v) is 17.4. The van der Waals surface area contributed by atoms with Gasteiger partial charge in [-0.15, -0.1) is 0 Å². The largest absolute Gasteiger partial charge is 0.378 e. The summed E-state index contributed by atoms with van der Waals surface area (Å²) in [6, 6.07) is 12.1. The molecule has 5 rings (SSSR count). The van der Waals surface area contributed by atoms with Crippen molar-refractivity contribution in [2.45, 2.75) is 44.3 Å². The Morgan fingerprint density at radius 3 is 2.93 bits per heavy atom. The molecule has 1 aromatic carbocycles. The molecule has 2 atom stereocenters. The minimum absolute atomic E-state index is 0.442. The molecule has 3 heterocycles. The molecule has 154 valence electrons. The number of nitrogens with one attached hydrogen (secondary N) is 1. The molecule has 2 aliphatic heterocycles. The number of nitrogens with zero attached hydrogens (tertiary/aromatic N) is 3. The Morgan fingerprint density at radius 1 is 1.17 bits per heavy atom. The van der Waals surface area contributed by atoms with Gasteiger partial charge < -0.3 is 15.0 Å². The van der Waals surface area contributed by atoms with E-state index in [-0.39, 0.29) is 0 Å². The first kappa shape index (κ1) is 19.0. The van der Waals surface area contributed by atoms with Crippen LogP contribution in [0.25, 0.3) is 0 Å². The van der Waals surface area contributed by atoms with Crippen LogP contribution in [-0.4, -0.2) is 55.8 Å². The number of anilines is 1.